The minimum atomic E-state index is -0.999. The Balaban J connectivity index is 1.70. The van der Waals surface area contributed by atoms with Crippen LogP contribution < -0.4 is 10.1 Å². The lowest BCUT2D eigenvalue weighted by Crippen LogP contribution is -2.30. The highest BCUT2D eigenvalue weighted by Gasteiger charge is 2.06. The van der Waals surface area contributed by atoms with Gasteiger partial charge in [0.25, 0.3) is 5.91 Å². The summed E-state index contributed by atoms with van der Waals surface area (Å²) in [5, 5.41) is 4.67. The fraction of sp³-hybridized carbons (Fsp3) is 0.214. The van der Waals surface area contributed by atoms with Gasteiger partial charge < -0.3 is 10.1 Å². The first-order valence-corrected chi connectivity index (χ1v) is 6.90. The van der Waals surface area contributed by atoms with Gasteiger partial charge in [0.1, 0.15) is 5.75 Å². The van der Waals surface area contributed by atoms with Crippen LogP contribution >= 0.6 is 11.3 Å². The van der Waals surface area contributed by atoms with Crippen LogP contribution in [0.3, 0.4) is 0 Å². The summed E-state index contributed by atoms with van der Waals surface area (Å²) in [4.78, 5) is 12.7. The number of benzene rings is 1. The van der Waals surface area contributed by atoms with Crippen LogP contribution in [0.4, 0.5) is 8.78 Å². The predicted molar refractivity (Wildman–Crippen MR) is 72.9 cm³/mol. The zero-order chi connectivity index (χ0) is 14.4. The van der Waals surface area contributed by atoms with E-state index < -0.39 is 11.6 Å². The summed E-state index contributed by atoms with van der Waals surface area (Å²) in [5.74, 6) is -2.12. The Hall–Kier alpha value is -1.95. The van der Waals surface area contributed by atoms with Crippen LogP contribution in [0.1, 0.15) is 4.88 Å². The molecule has 0 aliphatic heterocycles. The maximum Gasteiger partial charge on any atom is 0.257 e. The van der Waals surface area contributed by atoms with E-state index in [9.17, 15) is 13.6 Å². The lowest BCUT2D eigenvalue weighted by Gasteiger charge is -2.07. The van der Waals surface area contributed by atoms with E-state index in [1.165, 1.54) is 10.9 Å². The molecule has 0 fully saturated rings. The van der Waals surface area contributed by atoms with Crippen molar-refractivity contribution >= 4 is 17.2 Å². The molecule has 6 heteroatoms. The van der Waals surface area contributed by atoms with Crippen molar-refractivity contribution in [3.63, 3.8) is 0 Å². The number of carbonyl (C=O) groups excluding carboxylic acids is 1. The van der Waals surface area contributed by atoms with E-state index in [2.05, 4.69) is 5.32 Å². The number of rotatable bonds is 6. The fourth-order valence-electron chi connectivity index (χ4n) is 1.55. The summed E-state index contributed by atoms with van der Waals surface area (Å²) in [6, 6.07) is 7.09. The Bertz CT molecular complexity index is 573. The topological polar surface area (TPSA) is 38.3 Å². The standard InChI is InChI=1S/C14H13F2NO2S/c15-12-4-3-10(8-13(12)16)19-9-14(18)17-6-5-11-2-1-7-20-11/h1-4,7-8H,5-6,9H2,(H,17,18). The molecule has 0 spiro atoms. The summed E-state index contributed by atoms with van der Waals surface area (Å²) in [7, 11) is 0. The molecule has 0 aliphatic rings. The number of nitrogens with one attached hydrogen (secondary N) is 1. The number of carbonyl (C=O) groups is 1. The molecule has 1 N–H and O–H groups in total. The van der Waals surface area contributed by atoms with Gasteiger partial charge in [0.15, 0.2) is 18.2 Å². The van der Waals surface area contributed by atoms with Crippen molar-refractivity contribution in [3.05, 3.63) is 52.2 Å². The normalized spacial score (nSPS) is 10.3. The van der Waals surface area contributed by atoms with Crippen LogP contribution in [0.5, 0.6) is 5.75 Å². The van der Waals surface area contributed by atoms with Gasteiger partial charge in [-0.2, -0.15) is 0 Å². The molecule has 0 saturated heterocycles. The Labute approximate surface area is 119 Å². The average Bonchev–Trinajstić information content (AvgIpc) is 2.93. The van der Waals surface area contributed by atoms with Gasteiger partial charge in [-0.1, -0.05) is 6.07 Å². The SMILES string of the molecule is O=C(COc1ccc(F)c(F)c1)NCCc1cccs1. The molecule has 1 aromatic heterocycles. The van der Waals surface area contributed by atoms with Gasteiger partial charge in [0.05, 0.1) is 0 Å². The van der Waals surface area contributed by atoms with Crippen LogP contribution in [0.2, 0.25) is 0 Å². The van der Waals surface area contributed by atoms with Crippen LogP contribution in [0, 0.1) is 11.6 Å². The Morgan fingerprint density at radius 3 is 2.80 bits per heavy atom. The lowest BCUT2D eigenvalue weighted by molar-refractivity contribution is -0.123. The first-order chi connectivity index (χ1) is 9.65. The monoisotopic (exact) mass is 297 g/mol. The van der Waals surface area contributed by atoms with E-state index in [1.807, 2.05) is 17.5 Å². The molecule has 1 amide bonds. The molecule has 0 atom stereocenters. The van der Waals surface area contributed by atoms with E-state index in [0.717, 1.165) is 18.6 Å². The lowest BCUT2D eigenvalue weighted by atomic mass is 10.3. The van der Waals surface area contributed by atoms with Gasteiger partial charge in [-0.15, -0.1) is 11.3 Å². The van der Waals surface area contributed by atoms with Gasteiger partial charge in [-0.3, -0.25) is 4.79 Å². The smallest absolute Gasteiger partial charge is 0.257 e. The highest BCUT2D eigenvalue weighted by Crippen LogP contribution is 2.15. The number of thiophene rings is 1. The molecule has 1 aromatic carbocycles. The molecule has 0 saturated carbocycles. The molecule has 0 radical (unpaired) electrons. The molecule has 0 bridgehead atoms. The summed E-state index contributed by atoms with van der Waals surface area (Å²) < 4.78 is 30.7. The third kappa shape index (κ3) is 4.31. The zero-order valence-electron chi connectivity index (χ0n) is 10.6. The highest BCUT2D eigenvalue weighted by atomic mass is 32.1. The van der Waals surface area contributed by atoms with Crippen LogP contribution in [-0.4, -0.2) is 19.1 Å². The van der Waals surface area contributed by atoms with E-state index >= 15 is 0 Å². The summed E-state index contributed by atoms with van der Waals surface area (Å²) in [6.07, 6.45) is 0.759. The number of halogens is 2. The average molecular weight is 297 g/mol. The van der Waals surface area contributed by atoms with Gasteiger partial charge >= 0.3 is 0 Å². The van der Waals surface area contributed by atoms with Crippen molar-refractivity contribution in [2.75, 3.05) is 13.2 Å². The number of amides is 1. The van der Waals surface area contributed by atoms with E-state index in [-0.39, 0.29) is 18.3 Å². The minimum Gasteiger partial charge on any atom is -0.484 e. The Morgan fingerprint density at radius 2 is 2.10 bits per heavy atom. The third-order valence-electron chi connectivity index (χ3n) is 2.53. The quantitative estimate of drug-likeness (QED) is 0.890. The molecule has 3 nitrogen and oxygen atoms in total. The second kappa shape index (κ2) is 7.00. The third-order valence-corrected chi connectivity index (χ3v) is 3.47. The van der Waals surface area contributed by atoms with Gasteiger partial charge in [-0.05, 0) is 30.0 Å². The zero-order valence-corrected chi connectivity index (χ0v) is 11.4. The second-order valence-electron chi connectivity index (χ2n) is 4.04. The minimum absolute atomic E-state index is 0.123. The van der Waals surface area contributed by atoms with E-state index in [1.54, 1.807) is 11.3 Å². The van der Waals surface area contributed by atoms with Crippen molar-refractivity contribution < 1.29 is 18.3 Å². The van der Waals surface area contributed by atoms with Crippen molar-refractivity contribution in [1.82, 2.24) is 5.32 Å². The Kier molecular flexibility index (Phi) is 5.06. The predicted octanol–water partition coefficient (Wildman–Crippen LogP) is 2.76. The first kappa shape index (κ1) is 14.5. The van der Waals surface area contributed by atoms with Crippen molar-refractivity contribution in [2.45, 2.75) is 6.42 Å². The van der Waals surface area contributed by atoms with E-state index in [4.69, 9.17) is 4.74 Å². The molecule has 0 aliphatic carbocycles. The molecule has 106 valence electrons. The molecular weight excluding hydrogens is 284 g/mol. The number of ether oxygens (including phenoxy) is 1. The molecule has 0 unspecified atom stereocenters. The maximum atomic E-state index is 12.9. The van der Waals surface area contributed by atoms with Crippen molar-refractivity contribution in [2.24, 2.45) is 0 Å². The molecule has 2 rings (SSSR count). The Morgan fingerprint density at radius 1 is 1.25 bits per heavy atom. The summed E-state index contributed by atoms with van der Waals surface area (Å²) >= 11 is 1.63. The van der Waals surface area contributed by atoms with Crippen LogP contribution in [0.25, 0.3) is 0 Å². The van der Waals surface area contributed by atoms with Crippen molar-refractivity contribution in [3.8, 4) is 5.75 Å². The largest absolute Gasteiger partial charge is 0.484 e. The van der Waals surface area contributed by atoms with Gasteiger partial charge in [-0.25, -0.2) is 8.78 Å². The summed E-state index contributed by atoms with van der Waals surface area (Å²) in [6.45, 7) is 0.288. The molecular formula is C14H13F2NO2S. The van der Waals surface area contributed by atoms with Gasteiger partial charge in [0.2, 0.25) is 0 Å². The van der Waals surface area contributed by atoms with Crippen molar-refractivity contribution in [1.29, 1.82) is 0 Å². The van der Waals surface area contributed by atoms with E-state index in [0.29, 0.717) is 6.54 Å². The molecule has 1 heterocycles. The molecule has 20 heavy (non-hydrogen) atoms. The van der Waals surface area contributed by atoms with Crippen LogP contribution in [-0.2, 0) is 11.2 Å². The summed E-state index contributed by atoms with van der Waals surface area (Å²) in [5.41, 5.74) is 0. The first-order valence-electron chi connectivity index (χ1n) is 6.02. The molecule has 2 aromatic rings. The second-order valence-corrected chi connectivity index (χ2v) is 5.08. The van der Waals surface area contributed by atoms with Crippen LogP contribution in [0.15, 0.2) is 35.7 Å². The number of hydrogen-bond acceptors (Lipinski definition) is 3. The maximum absolute atomic E-state index is 12.9. The highest BCUT2D eigenvalue weighted by molar-refractivity contribution is 7.09. The number of hydrogen-bond donors (Lipinski definition) is 1. The van der Waals surface area contributed by atoms with Gasteiger partial charge in [0, 0.05) is 17.5 Å². The fourth-order valence-corrected chi connectivity index (χ4v) is 2.26.